The minimum Gasteiger partial charge on any atom is -0.543 e. The molecule has 0 N–H and O–H groups in total. The van der Waals surface area contributed by atoms with E-state index >= 15 is 0 Å². The number of carbonyl (C=O) groups is 2. The molecule has 0 aliphatic carbocycles. The van der Waals surface area contributed by atoms with Gasteiger partial charge >= 0.3 is 46.3 Å². The Labute approximate surface area is 147 Å². The Balaban J connectivity index is 0. The van der Waals surface area contributed by atoms with Crippen LogP contribution in [0.25, 0.3) is 0 Å². The van der Waals surface area contributed by atoms with Crippen LogP contribution >= 0.6 is 0 Å². The molecule has 0 aromatic carbocycles. The van der Waals surface area contributed by atoms with Crippen LogP contribution in [0.5, 0.6) is 0 Å². The van der Waals surface area contributed by atoms with E-state index in [0.29, 0.717) is 0 Å². The van der Waals surface area contributed by atoms with Gasteiger partial charge in [0.15, 0.2) is 0 Å². The summed E-state index contributed by atoms with van der Waals surface area (Å²) in [4.78, 5) is 27.1. The summed E-state index contributed by atoms with van der Waals surface area (Å²) in [5, 5.41) is 20.1. The third-order valence-corrected chi connectivity index (χ3v) is 1.75. The van der Waals surface area contributed by atoms with Gasteiger partial charge in [0.1, 0.15) is 0 Å². The van der Waals surface area contributed by atoms with E-state index in [1.54, 1.807) is 24.3 Å². The smallest absolute Gasteiger partial charge is 0.543 e. The zero-order valence-corrected chi connectivity index (χ0v) is 13.5. The quantitative estimate of drug-likeness (QED) is 0.519. The van der Waals surface area contributed by atoms with E-state index in [9.17, 15) is 19.8 Å². The molecule has 6 nitrogen and oxygen atoms in total. The van der Waals surface area contributed by atoms with Crippen LogP contribution in [0.15, 0.2) is 48.8 Å². The van der Waals surface area contributed by atoms with Crippen LogP contribution < -0.4 is 39.8 Å². The van der Waals surface area contributed by atoms with Crippen LogP contribution in [-0.2, 0) is 16.8 Å². The number of carboxylic acids is 2. The van der Waals surface area contributed by atoms with E-state index in [1.165, 1.54) is 24.5 Å². The second kappa shape index (κ2) is 11.6. The van der Waals surface area contributed by atoms with Gasteiger partial charge in [-0.1, -0.05) is 12.1 Å². The summed E-state index contributed by atoms with van der Waals surface area (Å²) in [5.41, 5.74) is -0.0602. The molecule has 99 valence electrons. The SMILES string of the molecule is O=C([O-])c1ccccn1.O=C([O-])c1ccccn1.[Co+2].[Na+]. The van der Waals surface area contributed by atoms with Gasteiger partial charge in [0.25, 0.3) is 0 Å². The molecule has 0 aliphatic rings. The van der Waals surface area contributed by atoms with E-state index in [-0.39, 0.29) is 57.7 Å². The maximum atomic E-state index is 10.0. The summed E-state index contributed by atoms with van der Waals surface area (Å²) < 4.78 is 0. The predicted molar refractivity (Wildman–Crippen MR) is 57.1 cm³/mol. The van der Waals surface area contributed by atoms with Gasteiger partial charge in [-0.05, 0) is 24.3 Å². The molecule has 0 aliphatic heterocycles. The number of rotatable bonds is 2. The van der Waals surface area contributed by atoms with Crippen molar-refractivity contribution < 1.29 is 66.1 Å². The van der Waals surface area contributed by atoms with Crippen molar-refractivity contribution in [3.8, 4) is 0 Å². The molecule has 2 aromatic heterocycles. The fraction of sp³-hybridized carbons (Fsp3) is 0. The standard InChI is InChI=1S/2C6H5NO2.Co.Na/c2*8-6(9)5-3-1-2-4-7-5;;/h2*1-4H,(H,8,9);;/q;;+2;+1/p-2. The third-order valence-electron chi connectivity index (χ3n) is 1.75. The number of aromatic nitrogens is 2. The van der Waals surface area contributed by atoms with Crippen molar-refractivity contribution >= 4 is 11.9 Å². The molecular weight excluding hydrogens is 318 g/mol. The Bertz CT molecular complexity index is 476. The Morgan fingerprint density at radius 3 is 1.30 bits per heavy atom. The molecule has 2 rings (SSSR count). The molecule has 1 radical (unpaired) electrons. The summed E-state index contributed by atoms with van der Waals surface area (Å²) in [7, 11) is 0. The molecule has 0 unspecified atom stereocenters. The largest absolute Gasteiger partial charge is 2.00 e. The van der Waals surface area contributed by atoms with Gasteiger partial charge in [-0.3, -0.25) is 9.97 Å². The van der Waals surface area contributed by atoms with Gasteiger partial charge in [-0.2, -0.15) is 0 Å². The summed E-state index contributed by atoms with van der Waals surface area (Å²) in [6.45, 7) is 0. The molecule has 20 heavy (non-hydrogen) atoms. The maximum absolute atomic E-state index is 10.0. The molecule has 0 atom stereocenters. The number of carboxylic acid groups (broad SMARTS) is 2. The zero-order chi connectivity index (χ0) is 13.4. The van der Waals surface area contributed by atoms with E-state index in [2.05, 4.69) is 9.97 Å². The normalized spacial score (nSPS) is 8.00. The molecule has 0 amide bonds. The Morgan fingerprint density at radius 1 is 0.800 bits per heavy atom. The van der Waals surface area contributed by atoms with Crippen molar-refractivity contribution in [1.82, 2.24) is 9.97 Å². The fourth-order valence-electron chi connectivity index (χ4n) is 0.967. The predicted octanol–water partition coefficient (Wildman–Crippen LogP) is -4.11. The van der Waals surface area contributed by atoms with Crippen molar-refractivity contribution in [2.75, 3.05) is 0 Å². The van der Waals surface area contributed by atoms with Crippen molar-refractivity contribution in [3.05, 3.63) is 60.2 Å². The number of nitrogens with zero attached hydrogens (tertiary/aromatic N) is 2. The average molecular weight is 326 g/mol. The Kier molecular flexibility index (Phi) is 12.2. The van der Waals surface area contributed by atoms with Crippen LogP contribution in [0.1, 0.15) is 21.0 Å². The first kappa shape index (κ1) is 21.1. The van der Waals surface area contributed by atoms with Crippen LogP contribution in [0.3, 0.4) is 0 Å². The first-order valence-corrected chi connectivity index (χ1v) is 4.86. The van der Waals surface area contributed by atoms with E-state index < -0.39 is 11.9 Å². The molecule has 0 spiro atoms. The molecule has 2 heterocycles. The van der Waals surface area contributed by atoms with Crippen molar-refractivity contribution in [3.63, 3.8) is 0 Å². The third kappa shape index (κ3) is 8.03. The minimum absolute atomic E-state index is 0. The van der Waals surface area contributed by atoms with Crippen molar-refractivity contribution in [2.24, 2.45) is 0 Å². The zero-order valence-electron chi connectivity index (χ0n) is 10.5. The summed E-state index contributed by atoms with van der Waals surface area (Å²) in [6.07, 6.45) is 2.82. The Hall–Kier alpha value is -1.25. The van der Waals surface area contributed by atoms with Crippen LogP contribution in [0, 0.1) is 0 Å². The first-order valence-electron chi connectivity index (χ1n) is 4.86. The van der Waals surface area contributed by atoms with Crippen molar-refractivity contribution in [1.29, 1.82) is 0 Å². The van der Waals surface area contributed by atoms with Crippen LogP contribution in [-0.4, -0.2) is 21.9 Å². The molecule has 0 saturated heterocycles. The Morgan fingerprint density at radius 2 is 1.15 bits per heavy atom. The number of aromatic carboxylic acids is 2. The monoisotopic (exact) mass is 326 g/mol. The summed E-state index contributed by atoms with van der Waals surface area (Å²) in [5.74, 6) is -2.48. The van der Waals surface area contributed by atoms with Crippen LogP contribution in [0.4, 0.5) is 0 Å². The summed E-state index contributed by atoms with van der Waals surface area (Å²) in [6, 6.07) is 9.25. The van der Waals surface area contributed by atoms with Gasteiger partial charge in [-0.25, -0.2) is 0 Å². The average Bonchev–Trinajstić information content (AvgIpc) is 2.41. The van der Waals surface area contributed by atoms with Gasteiger partial charge in [0, 0.05) is 12.4 Å². The topological polar surface area (TPSA) is 106 Å². The van der Waals surface area contributed by atoms with Gasteiger partial charge in [0.05, 0.1) is 23.3 Å². The molecule has 8 heteroatoms. The van der Waals surface area contributed by atoms with Gasteiger partial charge < -0.3 is 19.8 Å². The molecule has 0 bridgehead atoms. The van der Waals surface area contributed by atoms with E-state index in [4.69, 9.17) is 0 Å². The second-order valence-electron chi connectivity index (χ2n) is 3.00. The first-order chi connectivity index (χ1) is 8.61. The molecule has 0 saturated carbocycles. The second-order valence-corrected chi connectivity index (χ2v) is 3.00. The number of hydrogen-bond donors (Lipinski definition) is 0. The minimum atomic E-state index is -1.24. The van der Waals surface area contributed by atoms with E-state index in [0.717, 1.165) is 0 Å². The number of hydrogen-bond acceptors (Lipinski definition) is 6. The fourth-order valence-corrected chi connectivity index (χ4v) is 0.967. The van der Waals surface area contributed by atoms with Gasteiger partial charge in [0.2, 0.25) is 0 Å². The van der Waals surface area contributed by atoms with Gasteiger partial charge in [-0.15, -0.1) is 0 Å². The maximum Gasteiger partial charge on any atom is 2.00 e. The molecular formula is C12H8CoN2NaO4+. The summed E-state index contributed by atoms with van der Waals surface area (Å²) >= 11 is 0. The number of carbonyl (C=O) groups excluding carboxylic acids is 2. The molecule has 0 fully saturated rings. The van der Waals surface area contributed by atoms with Crippen LogP contribution in [0.2, 0.25) is 0 Å². The van der Waals surface area contributed by atoms with Crippen molar-refractivity contribution in [2.45, 2.75) is 0 Å². The molecule has 2 aromatic rings. The number of pyridine rings is 2. The van der Waals surface area contributed by atoms with E-state index in [1.807, 2.05) is 0 Å².